The molecule has 4 nitrogen and oxygen atoms in total. The molecular formula is C2H2Cl2O4-2. The number of carboxylic acids is 2. The molecule has 0 aromatic rings. The fraction of sp³-hybridized carbons (Fsp3) is 0. The third-order valence-electron chi connectivity index (χ3n) is 0.183. The largest absolute Gasteiger partial charge is 1.00 e. The third kappa shape index (κ3) is 9.10. The monoisotopic (exact) mass is 160 g/mol. The first-order chi connectivity index (χ1) is 2.64. The van der Waals surface area contributed by atoms with Crippen LogP contribution in [0.3, 0.4) is 0 Å². The zero-order valence-electron chi connectivity index (χ0n) is 3.47. The average molecular weight is 161 g/mol. The van der Waals surface area contributed by atoms with Gasteiger partial charge in [0.15, 0.2) is 0 Å². The molecule has 0 aromatic carbocycles. The number of rotatable bonds is 0. The van der Waals surface area contributed by atoms with Crippen molar-refractivity contribution in [2.45, 2.75) is 0 Å². The van der Waals surface area contributed by atoms with Crippen LogP contribution >= 0.6 is 0 Å². The van der Waals surface area contributed by atoms with Gasteiger partial charge in [-0.15, -0.1) is 0 Å². The Kier molecular flexibility index (Phi) is 12.8. The van der Waals surface area contributed by atoms with Crippen molar-refractivity contribution < 1.29 is 44.6 Å². The Hall–Kier alpha value is -0.480. The highest BCUT2D eigenvalue weighted by Crippen LogP contribution is 1.56. The fourth-order valence-corrected chi connectivity index (χ4v) is 0. The number of carboxylic acid groups (broad SMARTS) is 2. The summed E-state index contributed by atoms with van der Waals surface area (Å²) in [6, 6.07) is 0. The number of hydrogen-bond acceptors (Lipinski definition) is 2. The molecule has 0 fully saturated rings. The second-order valence-electron chi connectivity index (χ2n) is 0.610. The lowest BCUT2D eigenvalue weighted by molar-refractivity contribution is -0.159. The van der Waals surface area contributed by atoms with Crippen LogP contribution in [-0.4, -0.2) is 22.2 Å². The van der Waals surface area contributed by atoms with Crippen molar-refractivity contribution >= 4 is 11.9 Å². The molecule has 2 N–H and O–H groups in total. The van der Waals surface area contributed by atoms with Gasteiger partial charge in [0.2, 0.25) is 0 Å². The molecule has 6 heteroatoms. The van der Waals surface area contributed by atoms with Gasteiger partial charge in [-0.05, 0) is 0 Å². The van der Waals surface area contributed by atoms with E-state index >= 15 is 0 Å². The van der Waals surface area contributed by atoms with E-state index in [0.29, 0.717) is 0 Å². The second-order valence-corrected chi connectivity index (χ2v) is 0.610. The highest BCUT2D eigenvalue weighted by atomic mass is 35.5. The molecule has 0 aromatic heterocycles. The van der Waals surface area contributed by atoms with Crippen molar-refractivity contribution in [3.8, 4) is 0 Å². The van der Waals surface area contributed by atoms with Crippen LogP contribution in [-0.2, 0) is 9.59 Å². The fourth-order valence-electron chi connectivity index (χ4n) is 0. The smallest absolute Gasteiger partial charge is 0.414 e. The van der Waals surface area contributed by atoms with Crippen molar-refractivity contribution in [3.63, 3.8) is 0 Å². The van der Waals surface area contributed by atoms with Gasteiger partial charge >= 0.3 is 11.9 Å². The molecule has 0 bridgehead atoms. The number of halogens is 2. The summed E-state index contributed by atoms with van der Waals surface area (Å²) in [4.78, 5) is 18.2. The Morgan fingerprint density at radius 3 is 1.00 bits per heavy atom. The summed E-state index contributed by atoms with van der Waals surface area (Å²) >= 11 is 0. The average Bonchev–Trinajstić information content (AvgIpc) is 1.36. The molecule has 50 valence electrons. The molecule has 8 heavy (non-hydrogen) atoms. The van der Waals surface area contributed by atoms with Gasteiger partial charge in [-0.1, -0.05) is 0 Å². The van der Waals surface area contributed by atoms with Gasteiger partial charge in [0.1, 0.15) is 0 Å². The van der Waals surface area contributed by atoms with Gasteiger partial charge < -0.3 is 35.0 Å². The van der Waals surface area contributed by atoms with Crippen LogP contribution in [0, 0.1) is 0 Å². The topological polar surface area (TPSA) is 74.6 Å². The minimum Gasteiger partial charge on any atom is -1.00 e. The summed E-state index contributed by atoms with van der Waals surface area (Å²) in [5.74, 6) is -3.65. The molecule has 0 aliphatic rings. The second kappa shape index (κ2) is 6.52. The first kappa shape index (κ1) is 15.6. The van der Waals surface area contributed by atoms with Gasteiger partial charge in [-0.2, -0.15) is 0 Å². The van der Waals surface area contributed by atoms with E-state index in [0.717, 1.165) is 0 Å². The van der Waals surface area contributed by atoms with Crippen molar-refractivity contribution in [1.82, 2.24) is 0 Å². The van der Waals surface area contributed by atoms with Gasteiger partial charge in [-0.3, -0.25) is 0 Å². The number of hydrogen-bond donors (Lipinski definition) is 2. The van der Waals surface area contributed by atoms with Crippen LogP contribution < -0.4 is 24.8 Å². The molecular weight excluding hydrogens is 159 g/mol. The molecule has 0 spiro atoms. The molecule has 0 radical (unpaired) electrons. The maximum absolute atomic E-state index is 9.10. The van der Waals surface area contributed by atoms with Crippen LogP contribution in [0.5, 0.6) is 0 Å². The predicted molar refractivity (Wildman–Crippen MR) is 15.3 cm³/mol. The lowest BCUT2D eigenvalue weighted by atomic mass is 10.7. The van der Waals surface area contributed by atoms with E-state index < -0.39 is 11.9 Å². The summed E-state index contributed by atoms with van der Waals surface area (Å²) in [6.07, 6.45) is 0. The van der Waals surface area contributed by atoms with Gasteiger partial charge in [-0.25, -0.2) is 9.59 Å². The molecule has 0 unspecified atom stereocenters. The quantitative estimate of drug-likeness (QED) is 0.346. The predicted octanol–water partition coefficient (Wildman–Crippen LogP) is -6.84. The molecule has 0 saturated heterocycles. The van der Waals surface area contributed by atoms with Crippen molar-refractivity contribution in [2.75, 3.05) is 0 Å². The molecule has 0 aliphatic heterocycles. The summed E-state index contributed by atoms with van der Waals surface area (Å²) in [6.45, 7) is 0. The van der Waals surface area contributed by atoms with Crippen molar-refractivity contribution in [1.29, 1.82) is 0 Å². The minimum absolute atomic E-state index is 0. The Morgan fingerprint density at radius 1 is 0.875 bits per heavy atom. The summed E-state index contributed by atoms with van der Waals surface area (Å²) in [7, 11) is 0. The lowest BCUT2D eigenvalue weighted by Gasteiger charge is -1.72. The lowest BCUT2D eigenvalue weighted by Crippen LogP contribution is -3.00. The minimum atomic E-state index is -1.82. The van der Waals surface area contributed by atoms with Crippen LogP contribution in [0.25, 0.3) is 0 Å². The van der Waals surface area contributed by atoms with E-state index in [4.69, 9.17) is 19.8 Å². The van der Waals surface area contributed by atoms with Crippen LogP contribution in [0.2, 0.25) is 0 Å². The summed E-state index contributed by atoms with van der Waals surface area (Å²) < 4.78 is 0. The Bertz CT molecular complexity index is 78.0. The van der Waals surface area contributed by atoms with Gasteiger partial charge in [0, 0.05) is 0 Å². The van der Waals surface area contributed by atoms with Crippen molar-refractivity contribution in [3.05, 3.63) is 0 Å². The summed E-state index contributed by atoms with van der Waals surface area (Å²) in [5, 5.41) is 14.8. The molecule has 0 rings (SSSR count). The van der Waals surface area contributed by atoms with E-state index in [1.807, 2.05) is 0 Å². The Labute approximate surface area is 57.3 Å². The van der Waals surface area contributed by atoms with Crippen LogP contribution in [0.1, 0.15) is 0 Å². The maximum Gasteiger partial charge on any atom is 0.414 e. The molecule has 0 aliphatic carbocycles. The van der Waals surface area contributed by atoms with E-state index in [2.05, 4.69) is 0 Å². The van der Waals surface area contributed by atoms with Gasteiger partial charge in [0.25, 0.3) is 0 Å². The highest BCUT2D eigenvalue weighted by molar-refractivity contribution is 6.27. The van der Waals surface area contributed by atoms with E-state index in [1.54, 1.807) is 0 Å². The molecule has 0 heterocycles. The standard InChI is InChI=1S/C2H2O4.2ClH/c3-1(4)2(5)6;;/h(H,3,4)(H,5,6);2*1H/p-2. The zero-order valence-corrected chi connectivity index (χ0v) is 4.98. The first-order valence-corrected chi connectivity index (χ1v) is 1.11. The molecule has 0 amide bonds. The SMILES string of the molecule is O=C(O)C(=O)O.[Cl-].[Cl-]. The Balaban J connectivity index is -0.000000125. The Morgan fingerprint density at radius 2 is 1.00 bits per heavy atom. The molecule has 0 saturated carbocycles. The van der Waals surface area contributed by atoms with Gasteiger partial charge in [0.05, 0.1) is 0 Å². The first-order valence-electron chi connectivity index (χ1n) is 1.11. The van der Waals surface area contributed by atoms with E-state index in [1.165, 1.54) is 0 Å². The normalized spacial score (nSPS) is 5.50. The van der Waals surface area contributed by atoms with Crippen molar-refractivity contribution in [2.24, 2.45) is 0 Å². The molecule has 0 atom stereocenters. The van der Waals surface area contributed by atoms with E-state index in [9.17, 15) is 0 Å². The number of carbonyl (C=O) groups is 2. The highest BCUT2D eigenvalue weighted by Gasteiger charge is 2.04. The van der Waals surface area contributed by atoms with E-state index in [-0.39, 0.29) is 24.8 Å². The third-order valence-corrected chi connectivity index (χ3v) is 0.183. The van der Waals surface area contributed by atoms with Crippen LogP contribution in [0.15, 0.2) is 0 Å². The maximum atomic E-state index is 9.10. The summed E-state index contributed by atoms with van der Waals surface area (Å²) in [5.41, 5.74) is 0. The zero-order chi connectivity index (χ0) is 5.15. The number of aliphatic carboxylic acids is 2. The van der Waals surface area contributed by atoms with Crippen LogP contribution in [0.4, 0.5) is 0 Å².